The largest absolute Gasteiger partial charge is 0.382 e. The molecule has 6 nitrogen and oxygen atoms in total. The molecule has 0 aromatic heterocycles. The number of anilines is 1. The molecule has 1 heterocycles. The highest BCUT2D eigenvalue weighted by molar-refractivity contribution is 5.66. The van der Waals surface area contributed by atoms with Crippen molar-refractivity contribution in [1.82, 2.24) is 4.90 Å². The molecule has 21 heavy (non-hydrogen) atoms. The Morgan fingerprint density at radius 3 is 3.00 bits per heavy atom. The number of hydrogen-bond donors (Lipinski definition) is 1. The van der Waals surface area contributed by atoms with Crippen molar-refractivity contribution in [3.05, 3.63) is 33.9 Å². The Hall–Kier alpha value is -1.66. The summed E-state index contributed by atoms with van der Waals surface area (Å²) in [5.41, 5.74) is 1.71. The molecule has 116 valence electrons. The second-order valence-electron chi connectivity index (χ2n) is 5.27. The first-order valence-electron chi connectivity index (χ1n) is 7.43. The Labute approximate surface area is 125 Å². The first-order chi connectivity index (χ1) is 10.2. The zero-order valence-electron chi connectivity index (χ0n) is 12.7. The fourth-order valence-corrected chi connectivity index (χ4v) is 2.93. The molecular formula is C15H23N3O3. The highest BCUT2D eigenvalue weighted by Crippen LogP contribution is 2.29. The van der Waals surface area contributed by atoms with E-state index >= 15 is 0 Å². The average Bonchev–Trinajstić information content (AvgIpc) is 2.47. The first kappa shape index (κ1) is 15.7. The summed E-state index contributed by atoms with van der Waals surface area (Å²) in [4.78, 5) is 13.1. The summed E-state index contributed by atoms with van der Waals surface area (Å²) in [6, 6.07) is 5.23. The number of ether oxygens (including phenoxy) is 1. The standard InChI is InChI=1S/C15H23N3O3/c1-3-21-13-7-5-9-17(11-13)10-12-6-4-8-14(18(19)20)15(12)16-2/h4,6,8,13,16H,3,5,7,9-11H2,1-2H3. The van der Waals surface area contributed by atoms with Gasteiger partial charge in [0.2, 0.25) is 0 Å². The highest BCUT2D eigenvalue weighted by Gasteiger charge is 2.22. The van der Waals surface area contributed by atoms with E-state index in [-0.39, 0.29) is 16.7 Å². The van der Waals surface area contributed by atoms with Crippen LogP contribution in [0.1, 0.15) is 25.3 Å². The second-order valence-corrected chi connectivity index (χ2v) is 5.27. The number of benzene rings is 1. The molecule has 1 unspecified atom stereocenters. The molecule has 1 aromatic carbocycles. The number of likely N-dealkylation sites (tertiary alicyclic amines) is 1. The second kappa shape index (κ2) is 7.38. The van der Waals surface area contributed by atoms with Gasteiger partial charge in [-0.25, -0.2) is 0 Å². The van der Waals surface area contributed by atoms with Gasteiger partial charge in [-0.1, -0.05) is 12.1 Å². The van der Waals surface area contributed by atoms with Crippen LogP contribution in [0.15, 0.2) is 18.2 Å². The van der Waals surface area contributed by atoms with Crippen LogP contribution < -0.4 is 5.32 Å². The fourth-order valence-electron chi connectivity index (χ4n) is 2.93. The van der Waals surface area contributed by atoms with Crippen LogP contribution in [-0.4, -0.2) is 42.7 Å². The number of nitrogens with zero attached hydrogens (tertiary/aromatic N) is 2. The third kappa shape index (κ3) is 3.92. The molecule has 0 spiro atoms. The lowest BCUT2D eigenvalue weighted by Gasteiger charge is -2.32. The SMILES string of the molecule is CCOC1CCCN(Cc2cccc([N+](=O)[O-])c2NC)C1. The monoisotopic (exact) mass is 293 g/mol. The minimum atomic E-state index is -0.339. The van der Waals surface area contributed by atoms with Crippen LogP contribution in [-0.2, 0) is 11.3 Å². The molecule has 1 saturated heterocycles. The van der Waals surface area contributed by atoms with Crippen LogP contribution in [0, 0.1) is 10.1 Å². The van der Waals surface area contributed by atoms with Crippen molar-refractivity contribution in [2.45, 2.75) is 32.4 Å². The Balaban J connectivity index is 2.12. The third-order valence-electron chi connectivity index (χ3n) is 3.83. The summed E-state index contributed by atoms with van der Waals surface area (Å²) < 4.78 is 5.70. The van der Waals surface area contributed by atoms with E-state index in [4.69, 9.17) is 4.74 Å². The predicted molar refractivity (Wildman–Crippen MR) is 82.6 cm³/mol. The van der Waals surface area contributed by atoms with E-state index in [9.17, 15) is 10.1 Å². The molecule has 1 fully saturated rings. The van der Waals surface area contributed by atoms with Crippen LogP contribution in [0.3, 0.4) is 0 Å². The minimum absolute atomic E-state index is 0.133. The summed E-state index contributed by atoms with van der Waals surface area (Å²) in [5, 5.41) is 14.1. The first-order valence-corrected chi connectivity index (χ1v) is 7.43. The fraction of sp³-hybridized carbons (Fsp3) is 0.600. The van der Waals surface area contributed by atoms with Crippen molar-refractivity contribution in [2.24, 2.45) is 0 Å². The van der Waals surface area contributed by atoms with Gasteiger partial charge in [0.05, 0.1) is 11.0 Å². The van der Waals surface area contributed by atoms with E-state index < -0.39 is 0 Å². The number of para-hydroxylation sites is 1. The van der Waals surface area contributed by atoms with Gasteiger partial charge in [0.1, 0.15) is 5.69 Å². The molecule has 0 aliphatic carbocycles. The predicted octanol–water partition coefficient (Wildman–Crippen LogP) is 2.64. The molecule has 6 heteroatoms. The molecule has 1 atom stereocenters. The zero-order chi connectivity index (χ0) is 15.2. The molecule has 1 aliphatic rings. The summed E-state index contributed by atoms with van der Waals surface area (Å²) in [6.07, 6.45) is 2.48. The van der Waals surface area contributed by atoms with Crippen LogP contribution >= 0.6 is 0 Å². The Morgan fingerprint density at radius 2 is 2.33 bits per heavy atom. The Kier molecular flexibility index (Phi) is 5.52. The van der Waals surface area contributed by atoms with Crippen molar-refractivity contribution >= 4 is 11.4 Å². The molecule has 1 N–H and O–H groups in total. The van der Waals surface area contributed by atoms with Crippen LogP contribution in [0.4, 0.5) is 11.4 Å². The highest BCUT2D eigenvalue weighted by atomic mass is 16.6. The Morgan fingerprint density at radius 1 is 1.52 bits per heavy atom. The molecule has 2 rings (SSSR count). The van der Waals surface area contributed by atoms with Gasteiger partial charge in [0, 0.05) is 32.8 Å². The van der Waals surface area contributed by atoms with E-state index in [2.05, 4.69) is 10.2 Å². The van der Waals surface area contributed by atoms with Crippen LogP contribution in [0.25, 0.3) is 0 Å². The maximum atomic E-state index is 11.1. The van der Waals surface area contributed by atoms with Crippen molar-refractivity contribution in [3.63, 3.8) is 0 Å². The van der Waals surface area contributed by atoms with Crippen molar-refractivity contribution in [3.8, 4) is 0 Å². The summed E-state index contributed by atoms with van der Waals surface area (Å²) in [6.45, 7) is 5.35. The van der Waals surface area contributed by atoms with Gasteiger partial charge in [-0.15, -0.1) is 0 Å². The van der Waals surface area contributed by atoms with E-state index in [1.807, 2.05) is 13.0 Å². The summed E-state index contributed by atoms with van der Waals surface area (Å²) in [7, 11) is 1.73. The lowest BCUT2D eigenvalue weighted by atomic mass is 10.1. The third-order valence-corrected chi connectivity index (χ3v) is 3.83. The van der Waals surface area contributed by atoms with Gasteiger partial charge < -0.3 is 10.1 Å². The maximum Gasteiger partial charge on any atom is 0.292 e. The van der Waals surface area contributed by atoms with E-state index in [1.54, 1.807) is 13.1 Å². The maximum absolute atomic E-state index is 11.1. The topological polar surface area (TPSA) is 67.6 Å². The number of nitro benzene ring substituents is 1. The number of piperidine rings is 1. The molecule has 1 aromatic rings. The van der Waals surface area contributed by atoms with Gasteiger partial charge in [0.15, 0.2) is 0 Å². The van der Waals surface area contributed by atoms with E-state index in [0.29, 0.717) is 12.2 Å². The van der Waals surface area contributed by atoms with Crippen molar-refractivity contribution < 1.29 is 9.66 Å². The molecule has 0 bridgehead atoms. The van der Waals surface area contributed by atoms with Gasteiger partial charge in [-0.3, -0.25) is 15.0 Å². The molecule has 1 aliphatic heterocycles. The van der Waals surface area contributed by atoms with Crippen LogP contribution in [0.2, 0.25) is 0 Å². The zero-order valence-corrected chi connectivity index (χ0v) is 12.7. The normalized spacial score (nSPS) is 19.4. The molecule has 0 saturated carbocycles. The number of hydrogen-bond acceptors (Lipinski definition) is 5. The van der Waals surface area contributed by atoms with Crippen LogP contribution in [0.5, 0.6) is 0 Å². The van der Waals surface area contributed by atoms with Gasteiger partial charge in [-0.05, 0) is 31.9 Å². The summed E-state index contributed by atoms with van der Waals surface area (Å²) in [5.74, 6) is 0. The van der Waals surface area contributed by atoms with Gasteiger partial charge >= 0.3 is 0 Å². The summed E-state index contributed by atoms with van der Waals surface area (Å²) >= 11 is 0. The molecule has 0 radical (unpaired) electrons. The van der Waals surface area contributed by atoms with Gasteiger partial charge in [-0.2, -0.15) is 0 Å². The lowest BCUT2D eigenvalue weighted by molar-refractivity contribution is -0.384. The lowest BCUT2D eigenvalue weighted by Crippen LogP contribution is -2.39. The Bertz CT molecular complexity index is 491. The minimum Gasteiger partial charge on any atom is -0.382 e. The van der Waals surface area contributed by atoms with Gasteiger partial charge in [0.25, 0.3) is 5.69 Å². The molecular weight excluding hydrogens is 270 g/mol. The molecule has 0 amide bonds. The number of rotatable bonds is 6. The average molecular weight is 293 g/mol. The number of nitrogens with one attached hydrogen (secondary N) is 1. The van der Waals surface area contributed by atoms with Crippen molar-refractivity contribution in [1.29, 1.82) is 0 Å². The van der Waals surface area contributed by atoms with E-state index in [1.165, 1.54) is 6.07 Å². The van der Waals surface area contributed by atoms with Crippen molar-refractivity contribution in [2.75, 3.05) is 32.1 Å². The smallest absolute Gasteiger partial charge is 0.292 e. The number of nitro groups is 1. The van der Waals surface area contributed by atoms with E-state index in [0.717, 1.165) is 38.1 Å². The quantitative estimate of drug-likeness (QED) is 0.645.